The molecule has 8 heteroatoms. The van der Waals surface area contributed by atoms with Gasteiger partial charge >= 0.3 is 10.1 Å². The molecule has 2 N–H and O–H groups in total. The lowest BCUT2D eigenvalue weighted by Crippen LogP contribution is -2.13. The predicted molar refractivity (Wildman–Crippen MR) is 121 cm³/mol. The van der Waals surface area contributed by atoms with Crippen LogP contribution in [0.3, 0.4) is 0 Å². The van der Waals surface area contributed by atoms with Crippen LogP contribution in [0.5, 0.6) is 5.75 Å². The van der Waals surface area contributed by atoms with E-state index in [1.165, 1.54) is 24.3 Å². The molecule has 0 fully saturated rings. The number of carbonyl (C=O) groups excluding carboxylic acids is 1. The van der Waals surface area contributed by atoms with E-state index in [0.717, 1.165) is 5.56 Å². The monoisotopic (exact) mass is 448 g/mol. The minimum atomic E-state index is -4.08. The number of aliphatic hydroxyl groups is 1. The Bertz CT molecular complexity index is 1390. The Morgan fingerprint density at radius 1 is 0.969 bits per heavy atom. The van der Waals surface area contributed by atoms with Gasteiger partial charge in [0.25, 0.3) is 5.91 Å². The molecule has 0 aliphatic rings. The highest BCUT2D eigenvalue weighted by Crippen LogP contribution is 2.33. The summed E-state index contributed by atoms with van der Waals surface area (Å²) in [6, 6.07) is 21.1. The van der Waals surface area contributed by atoms with E-state index in [9.17, 15) is 18.3 Å². The van der Waals surface area contributed by atoms with Gasteiger partial charge in [0, 0.05) is 10.9 Å². The molecule has 1 heterocycles. The maximum Gasteiger partial charge on any atom is 0.339 e. The quantitative estimate of drug-likeness (QED) is 0.431. The van der Waals surface area contributed by atoms with E-state index in [0.29, 0.717) is 27.8 Å². The lowest BCUT2D eigenvalue weighted by molar-refractivity contribution is 0.102. The van der Waals surface area contributed by atoms with Crippen molar-refractivity contribution >= 4 is 32.6 Å². The van der Waals surface area contributed by atoms with Gasteiger partial charge in [-0.3, -0.25) is 4.79 Å². The smallest absolute Gasteiger partial charge is 0.339 e. The number of aliphatic hydroxyl groups excluding tert-OH is 1. The third kappa shape index (κ3) is 4.46. The van der Waals surface area contributed by atoms with Crippen molar-refractivity contribution in [3.8, 4) is 5.75 Å². The number of rotatable bonds is 6. The SMILES string of the molecule is Cc1ccc(S(=O)(=O)Oc2ccc(NC(=O)c3ccccc3)c3nc(CO)ccc23)cc1. The molecule has 0 atom stereocenters. The number of carbonyl (C=O) groups is 1. The minimum absolute atomic E-state index is 0.0256. The molecule has 0 aliphatic heterocycles. The summed E-state index contributed by atoms with van der Waals surface area (Å²) in [6.07, 6.45) is 0. The number of aryl methyl sites for hydroxylation is 1. The van der Waals surface area contributed by atoms with Gasteiger partial charge in [-0.1, -0.05) is 35.9 Å². The fourth-order valence-electron chi connectivity index (χ4n) is 3.15. The number of anilines is 1. The van der Waals surface area contributed by atoms with Crippen LogP contribution in [-0.4, -0.2) is 24.4 Å². The normalized spacial score (nSPS) is 11.3. The summed E-state index contributed by atoms with van der Waals surface area (Å²) in [5.41, 5.74) is 2.42. The average molecular weight is 449 g/mol. The van der Waals surface area contributed by atoms with Gasteiger partial charge in [0.05, 0.1) is 23.5 Å². The van der Waals surface area contributed by atoms with Crippen LogP contribution in [-0.2, 0) is 16.7 Å². The van der Waals surface area contributed by atoms with Crippen molar-refractivity contribution in [1.82, 2.24) is 4.98 Å². The van der Waals surface area contributed by atoms with Crippen LogP contribution in [0.1, 0.15) is 21.6 Å². The van der Waals surface area contributed by atoms with Gasteiger partial charge in [0.2, 0.25) is 0 Å². The van der Waals surface area contributed by atoms with E-state index in [-0.39, 0.29) is 23.2 Å². The summed E-state index contributed by atoms with van der Waals surface area (Å²) < 4.78 is 31.0. The number of benzene rings is 3. The van der Waals surface area contributed by atoms with Gasteiger partial charge in [-0.2, -0.15) is 8.42 Å². The third-order valence-electron chi connectivity index (χ3n) is 4.83. The highest BCUT2D eigenvalue weighted by molar-refractivity contribution is 7.87. The first-order valence-electron chi connectivity index (χ1n) is 9.78. The van der Waals surface area contributed by atoms with E-state index in [4.69, 9.17) is 4.18 Å². The fraction of sp³-hybridized carbons (Fsp3) is 0.0833. The Balaban J connectivity index is 1.74. The summed E-state index contributed by atoms with van der Waals surface area (Å²) >= 11 is 0. The summed E-state index contributed by atoms with van der Waals surface area (Å²) in [5.74, 6) is -0.278. The first-order valence-corrected chi connectivity index (χ1v) is 11.2. The number of nitrogens with one attached hydrogen (secondary N) is 1. The van der Waals surface area contributed by atoms with E-state index in [1.54, 1.807) is 48.5 Å². The average Bonchev–Trinajstić information content (AvgIpc) is 2.81. The summed E-state index contributed by atoms with van der Waals surface area (Å²) in [5, 5.41) is 12.7. The van der Waals surface area contributed by atoms with Crippen molar-refractivity contribution in [2.75, 3.05) is 5.32 Å². The zero-order valence-electron chi connectivity index (χ0n) is 17.1. The number of amides is 1. The molecule has 162 valence electrons. The maximum absolute atomic E-state index is 12.8. The molecule has 0 saturated heterocycles. The lowest BCUT2D eigenvalue weighted by atomic mass is 10.1. The first kappa shape index (κ1) is 21.5. The molecule has 4 aromatic rings. The van der Waals surface area contributed by atoms with Crippen LogP contribution in [0.15, 0.2) is 83.8 Å². The lowest BCUT2D eigenvalue weighted by Gasteiger charge is -2.14. The van der Waals surface area contributed by atoms with Gasteiger partial charge in [0.15, 0.2) is 5.75 Å². The Morgan fingerprint density at radius 2 is 1.69 bits per heavy atom. The molecule has 32 heavy (non-hydrogen) atoms. The number of hydrogen-bond acceptors (Lipinski definition) is 6. The topological polar surface area (TPSA) is 106 Å². The molecule has 0 bridgehead atoms. The molecular weight excluding hydrogens is 428 g/mol. The largest absolute Gasteiger partial charge is 0.390 e. The number of pyridine rings is 1. The number of nitrogens with zero attached hydrogens (tertiary/aromatic N) is 1. The van der Waals surface area contributed by atoms with Gasteiger partial charge in [-0.15, -0.1) is 0 Å². The summed E-state index contributed by atoms with van der Waals surface area (Å²) in [6.45, 7) is 1.55. The van der Waals surface area contributed by atoms with Crippen molar-refractivity contribution in [3.05, 3.63) is 95.7 Å². The van der Waals surface area contributed by atoms with Crippen molar-refractivity contribution in [2.45, 2.75) is 18.4 Å². The molecule has 7 nitrogen and oxygen atoms in total. The predicted octanol–water partition coefficient (Wildman–Crippen LogP) is 4.06. The number of hydrogen-bond donors (Lipinski definition) is 2. The number of aromatic nitrogens is 1. The van der Waals surface area contributed by atoms with Crippen LogP contribution in [0.25, 0.3) is 10.9 Å². The molecule has 4 rings (SSSR count). The number of fused-ring (bicyclic) bond motifs is 1. The Labute approximate surface area is 185 Å². The highest BCUT2D eigenvalue weighted by atomic mass is 32.2. The fourth-order valence-corrected chi connectivity index (χ4v) is 4.10. The zero-order valence-corrected chi connectivity index (χ0v) is 18.0. The summed E-state index contributed by atoms with van der Waals surface area (Å²) in [7, 11) is -4.08. The van der Waals surface area contributed by atoms with E-state index in [1.807, 2.05) is 13.0 Å². The van der Waals surface area contributed by atoms with Crippen LogP contribution in [0.2, 0.25) is 0 Å². The van der Waals surface area contributed by atoms with Gasteiger partial charge in [-0.05, 0) is 55.5 Å². The van der Waals surface area contributed by atoms with E-state index >= 15 is 0 Å². The molecule has 0 aliphatic carbocycles. The minimum Gasteiger partial charge on any atom is -0.390 e. The van der Waals surface area contributed by atoms with Crippen LogP contribution in [0.4, 0.5) is 5.69 Å². The maximum atomic E-state index is 12.8. The Hall–Kier alpha value is -3.75. The Morgan fingerprint density at radius 3 is 2.38 bits per heavy atom. The Kier molecular flexibility index (Phi) is 5.89. The molecule has 3 aromatic carbocycles. The zero-order chi connectivity index (χ0) is 22.7. The van der Waals surface area contributed by atoms with Gasteiger partial charge in [0.1, 0.15) is 4.90 Å². The second-order valence-corrected chi connectivity index (χ2v) is 8.69. The van der Waals surface area contributed by atoms with E-state index in [2.05, 4.69) is 10.3 Å². The highest BCUT2D eigenvalue weighted by Gasteiger charge is 2.20. The molecular formula is C24H20N2O5S. The molecule has 0 unspecified atom stereocenters. The van der Waals surface area contributed by atoms with Crippen LogP contribution < -0.4 is 9.50 Å². The molecule has 0 radical (unpaired) electrons. The van der Waals surface area contributed by atoms with Gasteiger partial charge < -0.3 is 14.6 Å². The second kappa shape index (κ2) is 8.78. The van der Waals surface area contributed by atoms with Crippen molar-refractivity contribution in [3.63, 3.8) is 0 Å². The van der Waals surface area contributed by atoms with Crippen molar-refractivity contribution in [1.29, 1.82) is 0 Å². The van der Waals surface area contributed by atoms with Crippen molar-refractivity contribution in [2.24, 2.45) is 0 Å². The van der Waals surface area contributed by atoms with Crippen LogP contribution in [0, 0.1) is 6.92 Å². The molecule has 0 saturated carbocycles. The second-order valence-electron chi connectivity index (χ2n) is 7.14. The van der Waals surface area contributed by atoms with Gasteiger partial charge in [-0.25, -0.2) is 4.98 Å². The van der Waals surface area contributed by atoms with Crippen molar-refractivity contribution < 1.29 is 22.5 Å². The summed E-state index contributed by atoms with van der Waals surface area (Å²) in [4.78, 5) is 17.0. The molecule has 1 aromatic heterocycles. The third-order valence-corrected chi connectivity index (χ3v) is 6.08. The standard InChI is InChI=1S/C24H20N2O5S/c1-16-7-10-19(11-8-16)32(29,30)31-22-14-13-21(23-20(22)12-9-18(15-27)25-23)26-24(28)17-5-3-2-4-6-17/h2-14,27H,15H2,1H3,(H,26,28). The van der Waals surface area contributed by atoms with Crippen LogP contribution >= 0.6 is 0 Å². The first-order chi connectivity index (χ1) is 15.4. The molecule has 1 amide bonds. The molecule has 0 spiro atoms. The van der Waals surface area contributed by atoms with E-state index < -0.39 is 10.1 Å².